The maximum Gasteiger partial charge on any atom is 0.338 e. The summed E-state index contributed by atoms with van der Waals surface area (Å²) in [4.78, 5) is 17.1. The van der Waals surface area contributed by atoms with Crippen molar-refractivity contribution in [2.45, 2.75) is 27.7 Å². The summed E-state index contributed by atoms with van der Waals surface area (Å²) in [5.41, 5.74) is 7.47. The fourth-order valence-electron chi connectivity index (χ4n) is 3.91. The number of carbonyl (C=O) groups is 1. The number of aryl methyl sites for hydroxylation is 3. The Bertz CT molecular complexity index is 1310. The molecule has 0 aromatic heterocycles. The van der Waals surface area contributed by atoms with Gasteiger partial charge in [0.1, 0.15) is 11.3 Å². The minimum atomic E-state index is -0.356. The van der Waals surface area contributed by atoms with Crippen molar-refractivity contribution < 1.29 is 13.9 Å². The number of nitrogens with zero attached hydrogens (tertiary/aromatic N) is 1. The number of rotatable bonds is 3. The summed E-state index contributed by atoms with van der Waals surface area (Å²) in [7, 11) is 1.41. The predicted molar refractivity (Wildman–Crippen MR) is 120 cm³/mol. The first kappa shape index (κ1) is 19.9. The van der Waals surface area contributed by atoms with E-state index in [9.17, 15) is 4.79 Å². The lowest BCUT2D eigenvalue weighted by Crippen LogP contribution is -2.09. The van der Waals surface area contributed by atoms with Crippen molar-refractivity contribution in [3.05, 3.63) is 76.1 Å². The fraction of sp³-hybridized carbons (Fsp3) is 0.231. The van der Waals surface area contributed by atoms with E-state index in [4.69, 9.17) is 9.15 Å². The highest BCUT2D eigenvalue weighted by atomic mass is 16.5. The molecule has 0 radical (unpaired) electrons. The van der Waals surface area contributed by atoms with E-state index in [1.165, 1.54) is 12.7 Å². The van der Waals surface area contributed by atoms with Crippen LogP contribution in [0.5, 0.6) is 0 Å². The summed E-state index contributed by atoms with van der Waals surface area (Å²) in [6.07, 6.45) is 0. The second-order valence-electron chi connectivity index (χ2n) is 7.56. The molecule has 0 saturated heterocycles. The van der Waals surface area contributed by atoms with Gasteiger partial charge in [0.15, 0.2) is 0 Å². The van der Waals surface area contributed by atoms with Crippen LogP contribution in [0.15, 0.2) is 57.9 Å². The van der Waals surface area contributed by atoms with Crippen molar-refractivity contribution in [1.29, 1.82) is 0 Å². The average Bonchev–Trinajstić information content (AvgIpc) is 2.74. The zero-order valence-electron chi connectivity index (χ0n) is 18.0. The molecule has 2 aromatic carbocycles. The SMILES string of the molecule is CCN=c1cc2oc3cc(C)c(C)cc3c(-c3ccccc3C(=O)OC)c-2cc1C. The zero-order valence-corrected chi connectivity index (χ0v) is 18.0. The van der Waals surface area contributed by atoms with E-state index in [0.717, 1.165) is 49.9 Å². The Morgan fingerprint density at radius 3 is 2.43 bits per heavy atom. The molecule has 0 N–H and O–H groups in total. The van der Waals surface area contributed by atoms with Crippen LogP contribution in [-0.2, 0) is 4.74 Å². The summed E-state index contributed by atoms with van der Waals surface area (Å²) < 4.78 is 11.4. The zero-order chi connectivity index (χ0) is 21.4. The van der Waals surface area contributed by atoms with E-state index < -0.39 is 0 Å². The first-order valence-corrected chi connectivity index (χ1v) is 10.1. The lowest BCUT2D eigenvalue weighted by Gasteiger charge is -2.19. The molecular formula is C26H25NO3. The third-order valence-electron chi connectivity index (χ3n) is 5.58. The monoisotopic (exact) mass is 399 g/mol. The molecule has 4 nitrogen and oxygen atoms in total. The Balaban J connectivity index is 2.22. The Kier molecular flexibility index (Phi) is 5.17. The van der Waals surface area contributed by atoms with E-state index in [0.29, 0.717) is 12.1 Å². The lowest BCUT2D eigenvalue weighted by atomic mass is 9.89. The topological polar surface area (TPSA) is 51.8 Å². The highest BCUT2D eigenvalue weighted by Crippen LogP contribution is 2.42. The molecule has 30 heavy (non-hydrogen) atoms. The van der Waals surface area contributed by atoms with Gasteiger partial charge in [0.05, 0.1) is 18.0 Å². The molecule has 2 aliphatic rings. The van der Waals surface area contributed by atoms with Crippen LogP contribution in [0.2, 0.25) is 0 Å². The number of fused-ring (bicyclic) bond motifs is 2. The third-order valence-corrected chi connectivity index (χ3v) is 5.58. The minimum absolute atomic E-state index is 0.356. The summed E-state index contributed by atoms with van der Waals surface area (Å²) in [5, 5.41) is 1.89. The predicted octanol–water partition coefficient (Wildman–Crippen LogP) is 5.84. The van der Waals surface area contributed by atoms with Crippen molar-refractivity contribution in [3.63, 3.8) is 0 Å². The van der Waals surface area contributed by atoms with Crippen LogP contribution in [0.1, 0.15) is 34.0 Å². The van der Waals surface area contributed by atoms with Crippen molar-refractivity contribution in [1.82, 2.24) is 0 Å². The number of hydrogen-bond donors (Lipinski definition) is 0. The van der Waals surface area contributed by atoms with Gasteiger partial charge in [-0.1, -0.05) is 18.2 Å². The number of hydrogen-bond acceptors (Lipinski definition) is 4. The van der Waals surface area contributed by atoms with E-state index in [1.54, 1.807) is 6.07 Å². The standard InChI is InChI=1S/C26H25NO3/c1-6-27-22-14-24-21(12-17(22)4)25(18-9-7-8-10-19(18)26(28)29-5)20-11-15(2)16(3)13-23(20)30-24/h7-14H,6H2,1-5H3. The summed E-state index contributed by atoms with van der Waals surface area (Å²) >= 11 is 0. The molecule has 1 aliphatic carbocycles. The maximum atomic E-state index is 12.5. The molecule has 0 atom stereocenters. The molecule has 2 aromatic rings. The van der Waals surface area contributed by atoms with Crippen molar-refractivity contribution >= 4 is 16.9 Å². The molecule has 4 rings (SSSR count). The number of carbonyl (C=O) groups excluding carboxylic acids is 1. The Morgan fingerprint density at radius 1 is 0.967 bits per heavy atom. The molecule has 0 bridgehead atoms. The van der Waals surface area contributed by atoms with Crippen LogP contribution < -0.4 is 5.36 Å². The van der Waals surface area contributed by atoms with Gasteiger partial charge < -0.3 is 9.15 Å². The maximum absolute atomic E-state index is 12.5. The van der Waals surface area contributed by atoms with Crippen LogP contribution >= 0.6 is 0 Å². The quantitative estimate of drug-likeness (QED) is 0.321. The van der Waals surface area contributed by atoms with Gasteiger partial charge >= 0.3 is 5.97 Å². The van der Waals surface area contributed by atoms with E-state index >= 15 is 0 Å². The van der Waals surface area contributed by atoms with Crippen LogP contribution in [0, 0.1) is 20.8 Å². The highest BCUT2D eigenvalue weighted by molar-refractivity contribution is 6.08. The molecule has 1 aliphatic heterocycles. The van der Waals surface area contributed by atoms with Gasteiger partial charge in [-0.15, -0.1) is 0 Å². The molecule has 152 valence electrons. The minimum Gasteiger partial charge on any atom is -0.465 e. The van der Waals surface area contributed by atoms with Crippen molar-refractivity contribution in [2.24, 2.45) is 4.99 Å². The second kappa shape index (κ2) is 7.79. The normalized spacial score (nSPS) is 12.0. The summed E-state index contributed by atoms with van der Waals surface area (Å²) in [6.45, 7) is 8.93. The van der Waals surface area contributed by atoms with Gasteiger partial charge in [-0.25, -0.2) is 4.79 Å². The van der Waals surface area contributed by atoms with Crippen LogP contribution in [0.4, 0.5) is 0 Å². The molecule has 0 amide bonds. The van der Waals surface area contributed by atoms with Gasteiger partial charge in [0.2, 0.25) is 0 Å². The van der Waals surface area contributed by atoms with E-state index in [-0.39, 0.29) is 5.97 Å². The molecule has 0 unspecified atom stereocenters. The van der Waals surface area contributed by atoms with Gasteiger partial charge in [-0.2, -0.15) is 0 Å². The Morgan fingerprint density at radius 2 is 1.70 bits per heavy atom. The van der Waals surface area contributed by atoms with Crippen molar-refractivity contribution in [2.75, 3.05) is 13.7 Å². The lowest BCUT2D eigenvalue weighted by molar-refractivity contribution is 0.0601. The number of esters is 1. The summed E-state index contributed by atoms with van der Waals surface area (Å²) in [6, 6.07) is 15.9. The molecular weight excluding hydrogens is 374 g/mol. The smallest absolute Gasteiger partial charge is 0.338 e. The summed E-state index contributed by atoms with van der Waals surface area (Å²) in [5.74, 6) is 0.393. The van der Waals surface area contributed by atoms with E-state index in [2.05, 4.69) is 44.0 Å². The first-order valence-electron chi connectivity index (χ1n) is 10.1. The molecule has 0 spiro atoms. The van der Waals surface area contributed by atoms with Gasteiger partial charge in [-0.05, 0) is 74.2 Å². The van der Waals surface area contributed by atoms with Gasteiger partial charge in [0.25, 0.3) is 0 Å². The van der Waals surface area contributed by atoms with Crippen LogP contribution in [0.3, 0.4) is 0 Å². The highest BCUT2D eigenvalue weighted by Gasteiger charge is 2.22. The van der Waals surface area contributed by atoms with Crippen LogP contribution in [0.25, 0.3) is 33.4 Å². The van der Waals surface area contributed by atoms with E-state index in [1.807, 2.05) is 31.2 Å². The number of benzene rings is 3. The van der Waals surface area contributed by atoms with Gasteiger partial charge in [-0.3, -0.25) is 4.99 Å². The Hall–Kier alpha value is -3.40. The average molecular weight is 399 g/mol. The largest absolute Gasteiger partial charge is 0.465 e. The van der Waals surface area contributed by atoms with Gasteiger partial charge in [0, 0.05) is 29.1 Å². The third kappa shape index (κ3) is 3.28. The molecule has 1 heterocycles. The molecule has 0 fully saturated rings. The first-order chi connectivity index (χ1) is 14.4. The van der Waals surface area contributed by atoms with Crippen LogP contribution in [-0.4, -0.2) is 19.6 Å². The molecule has 0 saturated carbocycles. The fourth-order valence-corrected chi connectivity index (χ4v) is 3.91. The Labute approximate surface area is 176 Å². The number of methoxy groups -OCH3 is 1. The van der Waals surface area contributed by atoms with Crippen molar-refractivity contribution in [3.8, 4) is 22.5 Å². The second-order valence-corrected chi connectivity index (χ2v) is 7.56. The number of ether oxygens (including phenoxy) is 1. The molecule has 4 heteroatoms.